The van der Waals surface area contributed by atoms with Crippen LogP contribution in [0.3, 0.4) is 0 Å². The summed E-state index contributed by atoms with van der Waals surface area (Å²) in [5.41, 5.74) is 0. The molecular weight excluding hydrogens is 180 g/mol. The number of rotatable bonds is 3. The van der Waals surface area contributed by atoms with Crippen molar-refractivity contribution in [3.05, 3.63) is 0 Å². The van der Waals surface area contributed by atoms with Crippen LogP contribution in [0.1, 0.15) is 13.3 Å². The summed E-state index contributed by atoms with van der Waals surface area (Å²) >= 11 is 0. The summed E-state index contributed by atoms with van der Waals surface area (Å²) in [6.07, 6.45) is -6.25. The average Bonchev–Trinajstić information content (AvgIpc) is 1.85. The Morgan fingerprint density at radius 3 is 2.33 bits per heavy atom. The van der Waals surface area contributed by atoms with Crippen molar-refractivity contribution in [2.45, 2.75) is 25.6 Å². The highest BCUT2D eigenvalue weighted by molar-refractivity contribution is 5.75. The lowest BCUT2D eigenvalue weighted by Crippen LogP contribution is -2.29. The highest BCUT2D eigenvalue weighted by Gasteiger charge is 2.41. The maximum atomic E-state index is 11.5. The number of carbonyl (C=O) groups is 1. The van der Waals surface area contributed by atoms with Crippen LogP contribution in [-0.2, 0) is 9.53 Å². The molecule has 0 saturated heterocycles. The number of hydrogen-bond acceptors (Lipinski definition) is 2. The molecule has 0 radical (unpaired) electrons. The fourth-order valence-corrected chi connectivity index (χ4v) is 0.462. The van der Waals surface area contributed by atoms with Gasteiger partial charge in [-0.15, -0.1) is 0 Å². The van der Waals surface area contributed by atoms with Gasteiger partial charge in [-0.1, -0.05) is 0 Å². The van der Waals surface area contributed by atoms with Crippen molar-refractivity contribution in [3.63, 3.8) is 0 Å². The van der Waals surface area contributed by atoms with E-state index in [1.165, 1.54) is 6.92 Å². The molecule has 72 valence electrons. The second kappa shape index (κ2) is 4.27. The topological polar surface area (TPSA) is 26.3 Å². The fourth-order valence-electron chi connectivity index (χ4n) is 0.462. The molecule has 0 bridgehead atoms. The van der Waals surface area contributed by atoms with E-state index in [1.54, 1.807) is 0 Å². The third kappa shape index (κ3) is 4.15. The van der Waals surface area contributed by atoms with E-state index in [0.29, 0.717) is 0 Å². The third-order valence-corrected chi connectivity index (χ3v) is 1.06. The van der Waals surface area contributed by atoms with Crippen LogP contribution in [0.4, 0.5) is 17.6 Å². The van der Waals surface area contributed by atoms with Gasteiger partial charge in [-0.05, 0) is 6.92 Å². The lowest BCUT2D eigenvalue weighted by Gasteiger charge is -2.12. The molecule has 0 aromatic carbocycles. The summed E-state index contributed by atoms with van der Waals surface area (Å²) < 4.78 is 49.8. The predicted molar refractivity (Wildman–Crippen MR) is 32.2 cm³/mol. The van der Waals surface area contributed by atoms with E-state index < -0.39 is 24.9 Å². The first-order valence-corrected chi connectivity index (χ1v) is 3.21. The maximum Gasteiger partial charge on any atom is 0.490 e. The van der Waals surface area contributed by atoms with Crippen LogP contribution in [0.25, 0.3) is 0 Å². The Morgan fingerprint density at radius 2 is 2.00 bits per heavy atom. The Balaban J connectivity index is 3.85. The normalized spacial score (nSPS) is 14.1. The SMILES string of the molecule is CC(CCF)OC(=O)C(F)(F)F. The van der Waals surface area contributed by atoms with E-state index >= 15 is 0 Å². The Bertz CT molecular complexity index is 154. The van der Waals surface area contributed by atoms with Gasteiger partial charge in [0, 0.05) is 6.42 Å². The molecule has 12 heavy (non-hydrogen) atoms. The molecule has 0 aromatic rings. The molecule has 0 saturated carbocycles. The first-order valence-electron chi connectivity index (χ1n) is 3.21. The van der Waals surface area contributed by atoms with Gasteiger partial charge < -0.3 is 4.74 Å². The molecule has 6 heteroatoms. The second-order valence-corrected chi connectivity index (χ2v) is 2.19. The lowest BCUT2D eigenvalue weighted by molar-refractivity contribution is -0.204. The highest BCUT2D eigenvalue weighted by atomic mass is 19.4. The third-order valence-electron chi connectivity index (χ3n) is 1.06. The van der Waals surface area contributed by atoms with Gasteiger partial charge >= 0.3 is 12.1 Å². The van der Waals surface area contributed by atoms with Gasteiger partial charge in [-0.25, -0.2) is 4.79 Å². The molecule has 0 fully saturated rings. The number of hydrogen-bond donors (Lipinski definition) is 0. The Hall–Kier alpha value is -0.810. The minimum absolute atomic E-state index is 0.220. The number of esters is 1. The predicted octanol–water partition coefficient (Wildman–Crippen LogP) is 1.84. The van der Waals surface area contributed by atoms with Gasteiger partial charge in [0.25, 0.3) is 0 Å². The van der Waals surface area contributed by atoms with Crippen molar-refractivity contribution in [3.8, 4) is 0 Å². The molecule has 0 spiro atoms. The van der Waals surface area contributed by atoms with Gasteiger partial charge in [0.15, 0.2) is 0 Å². The van der Waals surface area contributed by atoms with E-state index in [9.17, 15) is 22.4 Å². The van der Waals surface area contributed by atoms with Crippen molar-refractivity contribution >= 4 is 5.97 Å². The van der Waals surface area contributed by atoms with Crippen LogP contribution < -0.4 is 0 Å². The standard InChI is InChI=1S/C6H8F4O2/c1-4(2-3-7)12-5(11)6(8,9)10/h4H,2-3H2,1H3. The minimum atomic E-state index is -5.00. The number of carbonyl (C=O) groups excluding carboxylic acids is 1. The summed E-state index contributed by atoms with van der Waals surface area (Å²) in [7, 11) is 0. The van der Waals surface area contributed by atoms with Crippen LogP contribution >= 0.6 is 0 Å². The van der Waals surface area contributed by atoms with E-state index in [-0.39, 0.29) is 6.42 Å². The zero-order valence-electron chi connectivity index (χ0n) is 6.32. The maximum absolute atomic E-state index is 11.5. The molecule has 0 heterocycles. The summed E-state index contributed by atoms with van der Waals surface area (Å²) in [6, 6.07) is 0. The molecule has 0 N–H and O–H groups in total. The average molecular weight is 188 g/mol. The highest BCUT2D eigenvalue weighted by Crippen LogP contribution is 2.17. The molecule has 1 unspecified atom stereocenters. The number of ether oxygens (including phenoxy) is 1. The first kappa shape index (κ1) is 11.2. The summed E-state index contributed by atoms with van der Waals surface area (Å²) in [5, 5.41) is 0. The van der Waals surface area contributed by atoms with Crippen molar-refractivity contribution in [1.29, 1.82) is 0 Å². The van der Waals surface area contributed by atoms with Crippen LogP contribution in [0, 0.1) is 0 Å². The monoisotopic (exact) mass is 188 g/mol. The number of alkyl halides is 4. The van der Waals surface area contributed by atoms with Crippen LogP contribution in [0.2, 0.25) is 0 Å². The second-order valence-electron chi connectivity index (χ2n) is 2.19. The minimum Gasteiger partial charge on any atom is -0.456 e. The van der Waals surface area contributed by atoms with Crippen LogP contribution in [-0.4, -0.2) is 24.9 Å². The molecule has 0 aliphatic heterocycles. The smallest absolute Gasteiger partial charge is 0.456 e. The fraction of sp³-hybridized carbons (Fsp3) is 0.833. The molecule has 0 rings (SSSR count). The van der Waals surface area contributed by atoms with Crippen LogP contribution in [0.15, 0.2) is 0 Å². The van der Waals surface area contributed by atoms with Crippen molar-refractivity contribution in [2.24, 2.45) is 0 Å². The molecule has 0 aromatic heterocycles. The molecule has 2 nitrogen and oxygen atoms in total. The van der Waals surface area contributed by atoms with E-state index in [0.717, 1.165) is 0 Å². The van der Waals surface area contributed by atoms with Gasteiger partial charge in [-0.2, -0.15) is 13.2 Å². The van der Waals surface area contributed by atoms with E-state index in [1.807, 2.05) is 0 Å². The van der Waals surface area contributed by atoms with Gasteiger partial charge in [0.1, 0.15) is 6.10 Å². The van der Waals surface area contributed by atoms with Gasteiger partial charge in [0.2, 0.25) is 0 Å². The first-order chi connectivity index (χ1) is 5.38. The zero-order chi connectivity index (χ0) is 9.78. The lowest BCUT2D eigenvalue weighted by atomic mass is 10.3. The Morgan fingerprint density at radius 1 is 1.50 bits per heavy atom. The largest absolute Gasteiger partial charge is 0.490 e. The zero-order valence-corrected chi connectivity index (χ0v) is 6.32. The van der Waals surface area contributed by atoms with Crippen molar-refractivity contribution in [2.75, 3.05) is 6.67 Å². The van der Waals surface area contributed by atoms with Gasteiger partial charge in [-0.3, -0.25) is 4.39 Å². The summed E-state index contributed by atoms with van der Waals surface area (Å²) in [5.74, 6) is -2.27. The molecule has 0 aliphatic rings. The Labute approximate surface area is 66.5 Å². The van der Waals surface area contributed by atoms with Crippen LogP contribution in [0.5, 0.6) is 0 Å². The van der Waals surface area contributed by atoms with Crippen molar-refractivity contribution in [1.82, 2.24) is 0 Å². The number of halogens is 4. The molecule has 0 amide bonds. The van der Waals surface area contributed by atoms with Gasteiger partial charge in [0.05, 0.1) is 6.67 Å². The molecular formula is C6H8F4O2. The van der Waals surface area contributed by atoms with E-state index in [2.05, 4.69) is 4.74 Å². The molecule has 0 aliphatic carbocycles. The summed E-state index contributed by atoms with van der Waals surface area (Å²) in [4.78, 5) is 10.1. The molecule has 1 atom stereocenters. The van der Waals surface area contributed by atoms with Crippen molar-refractivity contribution < 1.29 is 27.1 Å². The summed E-state index contributed by atoms with van der Waals surface area (Å²) in [6.45, 7) is 0.384. The Kier molecular flexibility index (Phi) is 3.99. The van der Waals surface area contributed by atoms with E-state index in [4.69, 9.17) is 0 Å². The quantitative estimate of drug-likeness (QED) is 0.499.